The SMILES string of the molecule is O=C(CSCc1cc(=O)n2ccsc2n1)NCC1CCCc2ccccc21. The Kier molecular flexibility index (Phi) is 5.59. The third-order valence-corrected chi connectivity index (χ3v) is 6.60. The van der Waals surface area contributed by atoms with Crippen molar-refractivity contribution >= 4 is 34.0 Å². The van der Waals surface area contributed by atoms with Crippen LogP contribution >= 0.6 is 23.1 Å². The fourth-order valence-electron chi connectivity index (χ4n) is 3.56. The van der Waals surface area contributed by atoms with E-state index in [1.165, 1.54) is 45.0 Å². The second-order valence-corrected chi connectivity index (χ2v) is 8.58. The summed E-state index contributed by atoms with van der Waals surface area (Å²) in [6.45, 7) is 0.692. The molecule has 1 atom stereocenters. The summed E-state index contributed by atoms with van der Waals surface area (Å²) < 4.78 is 1.54. The fraction of sp³-hybridized carbons (Fsp3) is 0.350. The van der Waals surface area contributed by atoms with Crippen LogP contribution in [0.4, 0.5) is 0 Å². The first-order chi connectivity index (χ1) is 13.2. The van der Waals surface area contributed by atoms with Gasteiger partial charge in [-0.25, -0.2) is 4.98 Å². The molecule has 0 saturated heterocycles. The van der Waals surface area contributed by atoms with Crippen molar-refractivity contribution in [2.45, 2.75) is 30.9 Å². The van der Waals surface area contributed by atoms with Gasteiger partial charge in [-0.2, -0.15) is 0 Å². The molecule has 0 saturated carbocycles. The van der Waals surface area contributed by atoms with Crippen molar-refractivity contribution in [2.75, 3.05) is 12.3 Å². The van der Waals surface area contributed by atoms with E-state index in [0.29, 0.717) is 28.9 Å². The minimum absolute atomic E-state index is 0.0389. The summed E-state index contributed by atoms with van der Waals surface area (Å²) in [5.74, 6) is 1.38. The molecule has 1 aliphatic carbocycles. The van der Waals surface area contributed by atoms with E-state index in [1.54, 1.807) is 12.3 Å². The van der Waals surface area contributed by atoms with Crippen LogP contribution in [0.2, 0.25) is 0 Å². The first-order valence-electron chi connectivity index (χ1n) is 9.09. The molecule has 27 heavy (non-hydrogen) atoms. The Hall–Kier alpha value is -2.12. The van der Waals surface area contributed by atoms with Gasteiger partial charge in [-0.1, -0.05) is 24.3 Å². The molecule has 7 heteroatoms. The lowest BCUT2D eigenvalue weighted by Gasteiger charge is -2.25. The van der Waals surface area contributed by atoms with Gasteiger partial charge >= 0.3 is 0 Å². The summed E-state index contributed by atoms with van der Waals surface area (Å²) in [5.41, 5.74) is 3.45. The van der Waals surface area contributed by atoms with Crippen molar-refractivity contribution in [3.8, 4) is 0 Å². The molecule has 1 unspecified atom stereocenters. The smallest absolute Gasteiger partial charge is 0.258 e. The number of hydrogen-bond acceptors (Lipinski definition) is 5. The zero-order chi connectivity index (χ0) is 18.6. The maximum absolute atomic E-state index is 12.2. The fourth-order valence-corrected chi connectivity index (χ4v) is 5.05. The highest BCUT2D eigenvalue weighted by atomic mass is 32.2. The Morgan fingerprint density at radius 3 is 3.19 bits per heavy atom. The van der Waals surface area contributed by atoms with Crippen LogP contribution in [0, 0.1) is 0 Å². The summed E-state index contributed by atoms with van der Waals surface area (Å²) >= 11 is 2.93. The third-order valence-electron chi connectivity index (χ3n) is 4.88. The van der Waals surface area contributed by atoms with Crippen molar-refractivity contribution < 1.29 is 4.79 Å². The number of rotatable bonds is 6. The third kappa shape index (κ3) is 4.25. The van der Waals surface area contributed by atoms with Crippen LogP contribution in [0.1, 0.15) is 35.6 Å². The number of thioether (sulfide) groups is 1. The molecular formula is C20H21N3O2S2. The zero-order valence-electron chi connectivity index (χ0n) is 14.9. The number of benzene rings is 1. The lowest BCUT2D eigenvalue weighted by atomic mass is 9.83. The summed E-state index contributed by atoms with van der Waals surface area (Å²) in [7, 11) is 0. The average molecular weight is 400 g/mol. The number of hydrogen-bond donors (Lipinski definition) is 1. The summed E-state index contributed by atoms with van der Waals surface area (Å²) in [4.78, 5) is 29.3. The zero-order valence-corrected chi connectivity index (χ0v) is 16.5. The average Bonchev–Trinajstić information content (AvgIpc) is 3.15. The molecule has 0 spiro atoms. The molecule has 1 N–H and O–H groups in total. The molecule has 3 aromatic rings. The standard InChI is InChI=1S/C20H21N3O2S2/c24-18(21-11-15-6-3-5-14-4-1-2-7-17(14)15)13-26-12-16-10-19(25)23-8-9-27-20(23)22-16/h1-2,4,7-10,15H,3,5-6,11-13H2,(H,21,24). The molecule has 2 aromatic heterocycles. The number of aromatic nitrogens is 2. The molecule has 5 nitrogen and oxygen atoms in total. The highest BCUT2D eigenvalue weighted by Crippen LogP contribution is 2.30. The molecule has 140 valence electrons. The Balaban J connectivity index is 1.27. The molecule has 0 bridgehead atoms. The Bertz CT molecular complexity index is 1010. The Morgan fingerprint density at radius 1 is 1.37 bits per heavy atom. The quantitative estimate of drug-likeness (QED) is 0.691. The van der Waals surface area contributed by atoms with E-state index in [1.807, 2.05) is 5.38 Å². The van der Waals surface area contributed by atoms with Gasteiger partial charge in [0.1, 0.15) is 0 Å². The van der Waals surface area contributed by atoms with Crippen LogP contribution in [-0.2, 0) is 17.0 Å². The second-order valence-electron chi connectivity index (χ2n) is 6.73. The second kappa shape index (κ2) is 8.27. The van der Waals surface area contributed by atoms with Crippen molar-refractivity contribution in [3.63, 3.8) is 0 Å². The van der Waals surface area contributed by atoms with Gasteiger partial charge in [-0.15, -0.1) is 23.1 Å². The van der Waals surface area contributed by atoms with Crippen LogP contribution in [0.15, 0.2) is 46.7 Å². The summed E-state index contributed by atoms with van der Waals surface area (Å²) in [6.07, 6.45) is 5.17. The summed E-state index contributed by atoms with van der Waals surface area (Å²) in [5, 5.41) is 4.92. The number of thiazole rings is 1. The van der Waals surface area contributed by atoms with Gasteiger partial charge in [0.05, 0.1) is 11.4 Å². The van der Waals surface area contributed by atoms with Gasteiger partial charge in [0.25, 0.3) is 5.56 Å². The van der Waals surface area contributed by atoms with Crippen molar-refractivity contribution in [3.05, 3.63) is 69.1 Å². The predicted octanol–water partition coefficient (Wildman–Crippen LogP) is 3.23. The van der Waals surface area contributed by atoms with E-state index in [4.69, 9.17) is 0 Å². The van der Waals surface area contributed by atoms with Crippen LogP contribution in [-0.4, -0.2) is 27.6 Å². The largest absolute Gasteiger partial charge is 0.355 e. The van der Waals surface area contributed by atoms with Crippen LogP contribution < -0.4 is 10.9 Å². The van der Waals surface area contributed by atoms with E-state index >= 15 is 0 Å². The minimum Gasteiger partial charge on any atom is -0.355 e. The topological polar surface area (TPSA) is 63.5 Å². The van der Waals surface area contributed by atoms with Crippen LogP contribution in [0.3, 0.4) is 0 Å². The summed E-state index contributed by atoms with van der Waals surface area (Å²) in [6, 6.07) is 10.1. The monoisotopic (exact) mass is 399 g/mol. The van der Waals surface area contributed by atoms with E-state index in [2.05, 4.69) is 34.6 Å². The van der Waals surface area contributed by atoms with E-state index in [0.717, 1.165) is 18.5 Å². The Morgan fingerprint density at radius 2 is 2.26 bits per heavy atom. The number of amides is 1. The minimum atomic E-state index is -0.0720. The first-order valence-corrected chi connectivity index (χ1v) is 11.1. The number of carbonyl (C=O) groups is 1. The normalized spacial score (nSPS) is 16.2. The highest BCUT2D eigenvalue weighted by Gasteiger charge is 2.20. The molecule has 0 fully saturated rings. The highest BCUT2D eigenvalue weighted by molar-refractivity contribution is 7.99. The van der Waals surface area contributed by atoms with E-state index in [-0.39, 0.29) is 11.5 Å². The number of nitrogens with one attached hydrogen (secondary N) is 1. The molecule has 1 aromatic carbocycles. The number of fused-ring (bicyclic) bond motifs is 2. The van der Waals surface area contributed by atoms with E-state index in [9.17, 15) is 9.59 Å². The van der Waals surface area contributed by atoms with Crippen molar-refractivity contribution in [1.82, 2.24) is 14.7 Å². The molecule has 2 heterocycles. The predicted molar refractivity (Wildman–Crippen MR) is 111 cm³/mol. The molecule has 4 rings (SSSR count). The first kappa shape index (κ1) is 18.3. The van der Waals surface area contributed by atoms with Gasteiger partial charge in [-0.05, 0) is 30.4 Å². The number of nitrogens with zero attached hydrogens (tertiary/aromatic N) is 2. The van der Waals surface area contributed by atoms with E-state index < -0.39 is 0 Å². The molecule has 1 amide bonds. The number of aryl methyl sites for hydroxylation is 1. The maximum atomic E-state index is 12.2. The lowest BCUT2D eigenvalue weighted by molar-refractivity contribution is -0.118. The van der Waals surface area contributed by atoms with Gasteiger partial charge < -0.3 is 5.32 Å². The van der Waals surface area contributed by atoms with Crippen molar-refractivity contribution in [1.29, 1.82) is 0 Å². The van der Waals surface area contributed by atoms with Gasteiger partial charge in [0, 0.05) is 35.9 Å². The Labute approximate surface area is 165 Å². The van der Waals surface area contributed by atoms with Gasteiger partial charge in [-0.3, -0.25) is 14.0 Å². The molecular weight excluding hydrogens is 378 g/mol. The maximum Gasteiger partial charge on any atom is 0.258 e. The lowest BCUT2D eigenvalue weighted by Crippen LogP contribution is -2.31. The van der Waals surface area contributed by atoms with Crippen LogP contribution in [0.5, 0.6) is 0 Å². The molecule has 1 aliphatic rings. The number of carbonyl (C=O) groups excluding carboxylic acids is 1. The van der Waals surface area contributed by atoms with Crippen LogP contribution in [0.25, 0.3) is 4.96 Å². The van der Waals surface area contributed by atoms with Crippen molar-refractivity contribution in [2.24, 2.45) is 0 Å². The molecule has 0 aliphatic heterocycles. The van der Waals surface area contributed by atoms with Gasteiger partial charge in [0.2, 0.25) is 5.91 Å². The molecule has 0 radical (unpaired) electrons. The van der Waals surface area contributed by atoms with Gasteiger partial charge in [0.15, 0.2) is 4.96 Å².